The van der Waals surface area contributed by atoms with E-state index >= 15 is 0 Å². The highest BCUT2D eigenvalue weighted by Gasteiger charge is 2.24. The molecule has 0 aliphatic carbocycles. The SMILES string of the molecule is CC(C)(C)c1ncc(C(C)(C)C)n2nccc12. The van der Waals surface area contributed by atoms with E-state index in [-0.39, 0.29) is 10.8 Å². The van der Waals surface area contributed by atoms with E-state index in [0.717, 1.165) is 16.9 Å². The molecule has 0 radical (unpaired) electrons. The molecular formula is C14H21N3. The Labute approximate surface area is 103 Å². The van der Waals surface area contributed by atoms with Crippen LogP contribution < -0.4 is 0 Å². The summed E-state index contributed by atoms with van der Waals surface area (Å²) in [7, 11) is 0. The van der Waals surface area contributed by atoms with E-state index in [1.165, 1.54) is 0 Å². The van der Waals surface area contributed by atoms with Gasteiger partial charge in [-0.15, -0.1) is 0 Å². The molecule has 0 aromatic carbocycles. The van der Waals surface area contributed by atoms with Crippen LogP contribution in [0.25, 0.3) is 5.52 Å². The van der Waals surface area contributed by atoms with Gasteiger partial charge in [0.1, 0.15) is 0 Å². The van der Waals surface area contributed by atoms with E-state index in [9.17, 15) is 0 Å². The minimum absolute atomic E-state index is 0.0394. The molecule has 2 aromatic rings. The molecule has 0 atom stereocenters. The maximum absolute atomic E-state index is 4.66. The van der Waals surface area contributed by atoms with E-state index < -0.39 is 0 Å². The predicted octanol–water partition coefficient (Wildman–Crippen LogP) is 3.32. The zero-order valence-corrected chi connectivity index (χ0v) is 11.6. The Balaban J connectivity index is 2.76. The molecule has 2 aromatic heterocycles. The van der Waals surface area contributed by atoms with Crippen LogP contribution in [0.5, 0.6) is 0 Å². The minimum Gasteiger partial charge on any atom is -0.257 e. The Morgan fingerprint density at radius 2 is 1.65 bits per heavy atom. The first-order chi connectivity index (χ1) is 7.71. The molecule has 0 aliphatic heterocycles. The highest BCUT2D eigenvalue weighted by molar-refractivity contribution is 5.54. The van der Waals surface area contributed by atoms with E-state index in [1.54, 1.807) is 0 Å². The molecule has 17 heavy (non-hydrogen) atoms. The molecule has 3 heteroatoms. The van der Waals surface area contributed by atoms with Gasteiger partial charge in [0.15, 0.2) is 0 Å². The van der Waals surface area contributed by atoms with Crippen molar-refractivity contribution in [3.63, 3.8) is 0 Å². The third-order valence-electron chi connectivity index (χ3n) is 2.91. The van der Waals surface area contributed by atoms with Crippen LogP contribution in [-0.4, -0.2) is 14.6 Å². The molecule has 3 nitrogen and oxygen atoms in total. The topological polar surface area (TPSA) is 30.2 Å². The Hall–Kier alpha value is -1.38. The van der Waals surface area contributed by atoms with Crippen molar-refractivity contribution in [3.8, 4) is 0 Å². The van der Waals surface area contributed by atoms with E-state index in [0.29, 0.717) is 0 Å². The lowest BCUT2D eigenvalue weighted by Crippen LogP contribution is -2.21. The Morgan fingerprint density at radius 3 is 2.18 bits per heavy atom. The molecule has 0 saturated heterocycles. The first-order valence-electron chi connectivity index (χ1n) is 6.05. The number of fused-ring (bicyclic) bond motifs is 1. The summed E-state index contributed by atoms with van der Waals surface area (Å²) < 4.78 is 2.02. The van der Waals surface area contributed by atoms with Gasteiger partial charge in [-0.2, -0.15) is 5.10 Å². The maximum Gasteiger partial charge on any atom is 0.0885 e. The first-order valence-corrected chi connectivity index (χ1v) is 6.05. The molecule has 0 spiro atoms. The molecule has 0 amide bonds. The number of rotatable bonds is 0. The van der Waals surface area contributed by atoms with Crippen molar-refractivity contribution in [2.24, 2.45) is 0 Å². The number of hydrogen-bond acceptors (Lipinski definition) is 2. The van der Waals surface area contributed by atoms with Crippen molar-refractivity contribution in [2.75, 3.05) is 0 Å². The molecule has 0 fully saturated rings. The average molecular weight is 231 g/mol. The first kappa shape index (κ1) is 12.1. The summed E-state index contributed by atoms with van der Waals surface area (Å²) in [6.45, 7) is 13.1. The summed E-state index contributed by atoms with van der Waals surface area (Å²) in [5.41, 5.74) is 3.45. The molecule has 2 rings (SSSR count). The zero-order chi connectivity index (χ0) is 12.8. The standard InChI is InChI=1S/C14H21N3/c1-13(2,3)11-9-15-12(14(4,5)6)10-7-8-16-17(10)11/h7-9H,1-6H3. The van der Waals surface area contributed by atoms with Gasteiger partial charge in [-0.05, 0) is 6.07 Å². The van der Waals surface area contributed by atoms with Gasteiger partial charge in [0.05, 0.1) is 23.1 Å². The lowest BCUT2D eigenvalue weighted by atomic mass is 9.89. The molecule has 2 heterocycles. The fourth-order valence-electron chi connectivity index (χ4n) is 2.01. The van der Waals surface area contributed by atoms with Gasteiger partial charge >= 0.3 is 0 Å². The summed E-state index contributed by atoms with van der Waals surface area (Å²) >= 11 is 0. The monoisotopic (exact) mass is 231 g/mol. The Bertz CT molecular complexity index is 491. The quantitative estimate of drug-likeness (QED) is 0.696. The van der Waals surface area contributed by atoms with Crippen LogP contribution in [0.15, 0.2) is 18.5 Å². The fourth-order valence-corrected chi connectivity index (χ4v) is 2.01. The van der Waals surface area contributed by atoms with Crippen molar-refractivity contribution in [3.05, 3.63) is 29.8 Å². The highest BCUT2D eigenvalue weighted by Crippen LogP contribution is 2.28. The number of nitrogens with zero attached hydrogens (tertiary/aromatic N) is 3. The van der Waals surface area contributed by atoms with Gasteiger partial charge in [0.2, 0.25) is 0 Å². The lowest BCUT2D eigenvalue weighted by molar-refractivity contribution is 0.528. The van der Waals surface area contributed by atoms with Crippen LogP contribution >= 0.6 is 0 Å². The summed E-state index contributed by atoms with van der Waals surface area (Å²) in [6, 6.07) is 2.04. The molecule has 0 saturated carbocycles. The van der Waals surface area contributed by atoms with Crippen molar-refractivity contribution in [1.29, 1.82) is 0 Å². The highest BCUT2D eigenvalue weighted by atomic mass is 15.2. The summed E-state index contributed by atoms with van der Waals surface area (Å²) in [5.74, 6) is 0. The Kier molecular flexibility index (Phi) is 2.53. The van der Waals surface area contributed by atoms with Crippen LogP contribution in [0.1, 0.15) is 52.9 Å². The summed E-state index contributed by atoms with van der Waals surface area (Å²) in [6.07, 6.45) is 3.81. The third kappa shape index (κ3) is 2.06. The number of hydrogen-bond donors (Lipinski definition) is 0. The minimum atomic E-state index is 0.0394. The Morgan fingerprint density at radius 1 is 1.00 bits per heavy atom. The average Bonchev–Trinajstić information content (AvgIpc) is 2.60. The van der Waals surface area contributed by atoms with Crippen LogP contribution in [0.4, 0.5) is 0 Å². The largest absolute Gasteiger partial charge is 0.257 e. The zero-order valence-electron chi connectivity index (χ0n) is 11.6. The van der Waals surface area contributed by atoms with Crippen molar-refractivity contribution in [1.82, 2.24) is 14.6 Å². The van der Waals surface area contributed by atoms with Crippen LogP contribution in [0.3, 0.4) is 0 Å². The third-order valence-corrected chi connectivity index (χ3v) is 2.91. The van der Waals surface area contributed by atoms with Gasteiger partial charge < -0.3 is 0 Å². The fraction of sp³-hybridized carbons (Fsp3) is 0.571. The summed E-state index contributed by atoms with van der Waals surface area (Å²) in [4.78, 5) is 4.66. The van der Waals surface area contributed by atoms with Crippen molar-refractivity contribution < 1.29 is 0 Å². The van der Waals surface area contributed by atoms with E-state index in [1.807, 2.05) is 23.0 Å². The smallest absolute Gasteiger partial charge is 0.0885 e. The van der Waals surface area contributed by atoms with Gasteiger partial charge in [-0.1, -0.05) is 41.5 Å². The summed E-state index contributed by atoms with van der Waals surface area (Å²) in [5, 5.41) is 4.44. The van der Waals surface area contributed by atoms with Crippen LogP contribution in [-0.2, 0) is 10.8 Å². The normalized spacial score (nSPS) is 13.3. The van der Waals surface area contributed by atoms with Crippen LogP contribution in [0.2, 0.25) is 0 Å². The van der Waals surface area contributed by atoms with Crippen molar-refractivity contribution in [2.45, 2.75) is 52.4 Å². The van der Waals surface area contributed by atoms with E-state index in [2.05, 4.69) is 51.6 Å². The molecule has 0 N–H and O–H groups in total. The lowest BCUT2D eigenvalue weighted by Gasteiger charge is -2.24. The van der Waals surface area contributed by atoms with Gasteiger partial charge in [-0.25, -0.2) is 4.52 Å². The molecular weight excluding hydrogens is 210 g/mol. The molecule has 0 unspecified atom stereocenters. The molecule has 0 aliphatic rings. The van der Waals surface area contributed by atoms with Gasteiger partial charge in [-0.3, -0.25) is 4.98 Å². The maximum atomic E-state index is 4.66. The second-order valence-electron chi connectivity index (χ2n) is 6.62. The molecule has 0 bridgehead atoms. The van der Waals surface area contributed by atoms with Crippen molar-refractivity contribution >= 4 is 5.52 Å². The molecule has 92 valence electrons. The van der Waals surface area contributed by atoms with Gasteiger partial charge in [0.25, 0.3) is 0 Å². The predicted molar refractivity (Wildman–Crippen MR) is 70.4 cm³/mol. The van der Waals surface area contributed by atoms with E-state index in [4.69, 9.17) is 0 Å². The van der Waals surface area contributed by atoms with Crippen LogP contribution in [0, 0.1) is 0 Å². The second-order valence-corrected chi connectivity index (χ2v) is 6.62. The van der Waals surface area contributed by atoms with Gasteiger partial charge in [0, 0.05) is 17.0 Å². The second kappa shape index (κ2) is 3.56. The number of aromatic nitrogens is 3.